The summed E-state index contributed by atoms with van der Waals surface area (Å²) in [6, 6.07) is 0. The van der Waals surface area contributed by atoms with Crippen molar-refractivity contribution in [1.82, 2.24) is 9.78 Å². The van der Waals surface area contributed by atoms with E-state index in [0.29, 0.717) is 0 Å². The lowest BCUT2D eigenvalue weighted by atomic mass is 9.67. The summed E-state index contributed by atoms with van der Waals surface area (Å²) in [6.07, 6.45) is 10.1. The predicted octanol–water partition coefficient (Wildman–Crippen LogP) is 3.48. The monoisotopic (exact) mass is 330 g/mol. The second-order valence-electron chi connectivity index (χ2n) is 8.05. The number of hydrogen-bond donors (Lipinski definition) is 1. The quantitative estimate of drug-likeness (QED) is 0.923. The van der Waals surface area contributed by atoms with Crippen LogP contribution < -0.4 is 10.2 Å². The van der Waals surface area contributed by atoms with Gasteiger partial charge in [0.15, 0.2) is 5.82 Å². The summed E-state index contributed by atoms with van der Waals surface area (Å²) in [7, 11) is 1.98. The largest absolute Gasteiger partial charge is 0.355 e. The molecule has 2 heterocycles. The van der Waals surface area contributed by atoms with Crippen LogP contribution in [0.2, 0.25) is 0 Å². The number of carbonyl (C=O) groups excluding carboxylic acids is 1. The number of aromatic nitrogens is 2. The minimum Gasteiger partial charge on any atom is -0.355 e. The summed E-state index contributed by atoms with van der Waals surface area (Å²) < 4.78 is 1.92. The Morgan fingerprint density at radius 1 is 1.08 bits per heavy atom. The highest BCUT2D eigenvalue weighted by Crippen LogP contribution is 2.43. The van der Waals surface area contributed by atoms with E-state index in [9.17, 15) is 4.79 Å². The molecule has 1 aliphatic heterocycles. The Morgan fingerprint density at radius 3 is 2.54 bits per heavy atom. The lowest BCUT2D eigenvalue weighted by Gasteiger charge is -2.39. The van der Waals surface area contributed by atoms with Crippen molar-refractivity contribution in [2.45, 2.75) is 58.3 Å². The van der Waals surface area contributed by atoms with Crippen LogP contribution in [0.1, 0.15) is 57.1 Å². The van der Waals surface area contributed by atoms with E-state index in [4.69, 9.17) is 0 Å². The minimum atomic E-state index is 0.188. The maximum Gasteiger partial charge on any atom is 0.227 e. The topological polar surface area (TPSA) is 50.2 Å². The molecule has 3 aliphatic rings. The van der Waals surface area contributed by atoms with Gasteiger partial charge in [-0.05, 0) is 44.4 Å². The molecule has 1 amide bonds. The number of fused-ring (bicyclic) bond motifs is 1. The Balaban J connectivity index is 1.46. The molecule has 1 aromatic rings. The van der Waals surface area contributed by atoms with E-state index >= 15 is 0 Å². The highest BCUT2D eigenvalue weighted by atomic mass is 16.1. The molecule has 1 saturated heterocycles. The highest BCUT2D eigenvalue weighted by molar-refractivity contribution is 5.96. The van der Waals surface area contributed by atoms with Crippen LogP contribution >= 0.6 is 0 Å². The minimum absolute atomic E-state index is 0.188. The van der Waals surface area contributed by atoms with Crippen LogP contribution in [0.3, 0.4) is 0 Å². The lowest BCUT2D eigenvalue weighted by molar-refractivity contribution is -0.122. The zero-order valence-electron chi connectivity index (χ0n) is 15.1. The van der Waals surface area contributed by atoms with Crippen molar-refractivity contribution in [3.8, 4) is 0 Å². The first-order chi connectivity index (χ1) is 11.6. The van der Waals surface area contributed by atoms with Crippen LogP contribution in [0.25, 0.3) is 0 Å². The predicted molar refractivity (Wildman–Crippen MR) is 96.2 cm³/mol. The number of aryl methyl sites for hydroxylation is 2. The third kappa shape index (κ3) is 2.82. The van der Waals surface area contributed by atoms with Gasteiger partial charge < -0.3 is 10.2 Å². The van der Waals surface area contributed by atoms with Gasteiger partial charge in [-0.1, -0.05) is 25.7 Å². The average Bonchev–Trinajstić information content (AvgIpc) is 2.80. The van der Waals surface area contributed by atoms with Crippen molar-refractivity contribution in [2.24, 2.45) is 24.8 Å². The molecule has 3 unspecified atom stereocenters. The van der Waals surface area contributed by atoms with Crippen molar-refractivity contribution in [1.29, 1.82) is 0 Å². The number of amides is 1. The maximum absolute atomic E-state index is 12.9. The molecule has 3 fully saturated rings. The van der Waals surface area contributed by atoms with Crippen LogP contribution in [-0.4, -0.2) is 28.8 Å². The van der Waals surface area contributed by atoms with Gasteiger partial charge in [-0.2, -0.15) is 5.10 Å². The molecule has 0 aromatic carbocycles. The molecule has 2 saturated carbocycles. The van der Waals surface area contributed by atoms with E-state index in [2.05, 4.69) is 15.3 Å². The number of hydrogen-bond acceptors (Lipinski definition) is 3. The molecule has 1 N–H and O–H groups in total. The molecule has 0 radical (unpaired) electrons. The lowest BCUT2D eigenvalue weighted by Crippen LogP contribution is -2.39. The second kappa shape index (κ2) is 6.41. The summed E-state index contributed by atoms with van der Waals surface area (Å²) >= 11 is 0. The molecular weight excluding hydrogens is 300 g/mol. The molecule has 4 rings (SSSR count). The molecule has 24 heavy (non-hydrogen) atoms. The number of nitrogens with zero attached hydrogens (tertiary/aromatic N) is 3. The summed E-state index contributed by atoms with van der Waals surface area (Å²) in [4.78, 5) is 15.2. The van der Waals surface area contributed by atoms with Gasteiger partial charge in [0.2, 0.25) is 5.91 Å². The van der Waals surface area contributed by atoms with Gasteiger partial charge in [0.05, 0.1) is 5.69 Å². The smallest absolute Gasteiger partial charge is 0.227 e. The van der Waals surface area contributed by atoms with Crippen molar-refractivity contribution < 1.29 is 4.79 Å². The highest BCUT2D eigenvalue weighted by Gasteiger charge is 2.35. The molecule has 1 aromatic heterocycles. The van der Waals surface area contributed by atoms with Gasteiger partial charge in [0.1, 0.15) is 5.69 Å². The van der Waals surface area contributed by atoms with Crippen LogP contribution in [0.4, 0.5) is 11.5 Å². The summed E-state index contributed by atoms with van der Waals surface area (Å²) in [5.41, 5.74) is 1.87. The first kappa shape index (κ1) is 16.0. The van der Waals surface area contributed by atoms with Crippen molar-refractivity contribution in [3.05, 3.63) is 5.69 Å². The Labute approximate surface area is 144 Å². The molecular formula is C19H30N4O. The van der Waals surface area contributed by atoms with E-state index in [0.717, 1.165) is 55.0 Å². The molecule has 5 heteroatoms. The Hall–Kier alpha value is -1.52. The normalized spacial score (nSPS) is 29.8. The number of nitrogens with one attached hydrogen (secondary N) is 1. The van der Waals surface area contributed by atoms with Crippen LogP contribution in [-0.2, 0) is 11.8 Å². The number of anilines is 2. The number of rotatable bonds is 3. The van der Waals surface area contributed by atoms with E-state index in [-0.39, 0.29) is 11.8 Å². The first-order valence-electron chi connectivity index (χ1n) is 9.73. The number of carbonyl (C=O) groups is 1. The third-order valence-corrected chi connectivity index (χ3v) is 6.51. The third-order valence-electron chi connectivity index (χ3n) is 6.51. The van der Waals surface area contributed by atoms with Gasteiger partial charge in [-0.25, -0.2) is 0 Å². The van der Waals surface area contributed by atoms with E-state index in [1.807, 2.05) is 18.7 Å². The molecule has 5 nitrogen and oxygen atoms in total. The summed E-state index contributed by atoms with van der Waals surface area (Å²) in [5.74, 6) is 3.16. The van der Waals surface area contributed by atoms with Crippen LogP contribution in [0.15, 0.2) is 0 Å². The van der Waals surface area contributed by atoms with Gasteiger partial charge in [0.25, 0.3) is 0 Å². The average molecular weight is 330 g/mol. The van der Waals surface area contributed by atoms with Crippen LogP contribution in [0.5, 0.6) is 0 Å². The van der Waals surface area contributed by atoms with Crippen molar-refractivity contribution >= 4 is 17.4 Å². The molecule has 3 atom stereocenters. The summed E-state index contributed by atoms with van der Waals surface area (Å²) in [6.45, 7) is 4.13. The van der Waals surface area contributed by atoms with Gasteiger partial charge in [-0.3, -0.25) is 9.48 Å². The molecule has 0 bridgehead atoms. The Morgan fingerprint density at radius 2 is 1.83 bits per heavy atom. The fraction of sp³-hybridized carbons (Fsp3) is 0.789. The van der Waals surface area contributed by atoms with Crippen LogP contribution in [0, 0.1) is 24.7 Å². The molecule has 2 aliphatic carbocycles. The molecule has 132 valence electrons. The van der Waals surface area contributed by atoms with E-state index < -0.39 is 0 Å². The Kier molecular flexibility index (Phi) is 4.27. The van der Waals surface area contributed by atoms with E-state index in [1.165, 1.54) is 38.5 Å². The fourth-order valence-corrected chi connectivity index (χ4v) is 5.02. The standard InChI is InChI=1S/C19H30N4O/c1-13-17(19(22(2)21-13)23-10-5-11-23)20-18(24)16-9-8-14-6-3-4-7-15(14)12-16/h14-16H,3-12H2,1-2H3,(H,20,24). The zero-order valence-corrected chi connectivity index (χ0v) is 15.1. The summed E-state index contributed by atoms with van der Waals surface area (Å²) in [5, 5.41) is 7.79. The Bertz CT molecular complexity index is 619. The van der Waals surface area contributed by atoms with E-state index in [1.54, 1.807) is 0 Å². The maximum atomic E-state index is 12.9. The first-order valence-corrected chi connectivity index (χ1v) is 9.73. The molecule has 0 spiro atoms. The SMILES string of the molecule is Cc1nn(C)c(N2CCC2)c1NC(=O)C1CCC2CCCCC2C1. The van der Waals surface area contributed by atoms with Gasteiger partial charge >= 0.3 is 0 Å². The van der Waals surface area contributed by atoms with Crippen molar-refractivity contribution in [3.63, 3.8) is 0 Å². The van der Waals surface area contributed by atoms with Gasteiger partial charge in [-0.15, -0.1) is 0 Å². The van der Waals surface area contributed by atoms with Crippen molar-refractivity contribution in [2.75, 3.05) is 23.3 Å². The fourth-order valence-electron chi connectivity index (χ4n) is 5.02. The second-order valence-corrected chi connectivity index (χ2v) is 8.05. The van der Waals surface area contributed by atoms with Gasteiger partial charge in [0, 0.05) is 26.1 Å². The zero-order chi connectivity index (χ0) is 16.7.